The van der Waals surface area contributed by atoms with E-state index in [0.29, 0.717) is 24.7 Å². The number of rotatable bonds is 7. The molecule has 39 heavy (non-hydrogen) atoms. The molecule has 2 aromatic rings. The van der Waals surface area contributed by atoms with Gasteiger partial charge in [-0.25, -0.2) is 9.79 Å². The van der Waals surface area contributed by atoms with Crippen LogP contribution in [0.4, 0.5) is 10.5 Å². The molecule has 0 bridgehead atoms. The van der Waals surface area contributed by atoms with Gasteiger partial charge in [0.05, 0.1) is 0 Å². The molecule has 3 heterocycles. The first-order valence-corrected chi connectivity index (χ1v) is 13.6. The predicted octanol–water partition coefficient (Wildman–Crippen LogP) is 4.35. The van der Waals surface area contributed by atoms with E-state index in [0.717, 1.165) is 36.9 Å². The molecule has 1 saturated heterocycles. The summed E-state index contributed by atoms with van der Waals surface area (Å²) in [6.45, 7) is 6.84. The van der Waals surface area contributed by atoms with Crippen LogP contribution in [0, 0.1) is 5.92 Å². The van der Waals surface area contributed by atoms with Crippen LogP contribution in [-0.4, -0.2) is 64.8 Å². The molecule has 3 unspecified atom stereocenters. The number of anilines is 1. The van der Waals surface area contributed by atoms with Crippen LogP contribution in [0.25, 0.3) is 0 Å². The molecule has 1 aliphatic carbocycles. The Kier molecular flexibility index (Phi) is 7.92. The molecule has 3 aliphatic rings. The quantitative estimate of drug-likeness (QED) is 0.548. The lowest BCUT2D eigenvalue weighted by Crippen LogP contribution is -2.50. The van der Waals surface area contributed by atoms with E-state index >= 15 is 0 Å². The zero-order valence-corrected chi connectivity index (χ0v) is 22.7. The molecule has 2 N–H and O–H groups in total. The Bertz CT molecular complexity index is 1220. The maximum absolute atomic E-state index is 12.7. The summed E-state index contributed by atoms with van der Waals surface area (Å²) < 4.78 is 11.9. The maximum atomic E-state index is 12.7. The van der Waals surface area contributed by atoms with E-state index in [9.17, 15) is 9.59 Å². The minimum Gasteiger partial charge on any atom is -0.444 e. The van der Waals surface area contributed by atoms with Gasteiger partial charge in [0, 0.05) is 54.9 Å². The molecule has 2 aliphatic heterocycles. The highest BCUT2D eigenvalue weighted by atomic mass is 16.6. The van der Waals surface area contributed by atoms with Crippen LogP contribution in [0.2, 0.25) is 0 Å². The summed E-state index contributed by atoms with van der Waals surface area (Å²) in [5, 5.41) is 6.43. The fourth-order valence-electron chi connectivity index (χ4n) is 4.57. The average Bonchev–Trinajstić information content (AvgIpc) is 3.66. The number of aliphatic imine (C=N–C) groups is 2. The predicted molar refractivity (Wildman–Crippen MR) is 149 cm³/mol. The normalized spacial score (nSPS) is 22.8. The van der Waals surface area contributed by atoms with Gasteiger partial charge < -0.3 is 19.7 Å². The standard InChI is InChI=1S/C29H36N6O4/c1-29(2,3)39-28(37)35-15-5-7-22(35)17-31-24-18-32-25(20-6-4-14-30-16-20)34-27(24)38-23-12-10-21(11-13-23)33-26(36)19-8-9-19/h4,6,10-14,16,18-19,22,24-25,31H,5,7-9,15,17H2,1-3H3,(H,33,36). The number of aromatic nitrogens is 1. The summed E-state index contributed by atoms with van der Waals surface area (Å²) in [4.78, 5) is 40.2. The molecule has 1 aromatic carbocycles. The zero-order valence-electron chi connectivity index (χ0n) is 22.7. The number of hydrogen-bond acceptors (Lipinski definition) is 8. The SMILES string of the molecule is CC(C)(C)OC(=O)N1CCCC1CNC1C=NC(c2cccnc2)N=C1Oc1ccc(NC(=O)C2CC2)cc1. The molecule has 3 atom stereocenters. The summed E-state index contributed by atoms with van der Waals surface area (Å²) in [6, 6.07) is 10.7. The van der Waals surface area contributed by atoms with Crippen LogP contribution in [0.1, 0.15) is 58.2 Å². The molecule has 1 aromatic heterocycles. The van der Waals surface area contributed by atoms with Gasteiger partial charge >= 0.3 is 6.09 Å². The van der Waals surface area contributed by atoms with Gasteiger partial charge in [-0.2, -0.15) is 0 Å². The number of likely N-dealkylation sites (tertiary alicyclic amines) is 1. The number of carbonyl (C=O) groups is 2. The van der Waals surface area contributed by atoms with Crippen molar-refractivity contribution in [2.75, 3.05) is 18.4 Å². The number of ether oxygens (including phenoxy) is 2. The Balaban J connectivity index is 1.27. The number of nitrogens with zero attached hydrogens (tertiary/aromatic N) is 4. The van der Waals surface area contributed by atoms with Gasteiger partial charge in [0.15, 0.2) is 6.17 Å². The van der Waals surface area contributed by atoms with Crippen molar-refractivity contribution < 1.29 is 19.1 Å². The van der Waals surface area contributed by atoms with Crippen LogP contribution >= 0.6 is 0 Å². The Labute approximate surface area is 228 Å². The maximum Gasteiger partial charge on any atom is 0.410 e. The van der Waals surface area contributed by atoms with Crippen molar-refractivity contribution in [3.63, 3.8) is 0 Å². The lowest BCUT2D eigenvalue weighted by molar-refractivity contribution is -0.117. The van der Waals surface area contributed by atoms with E-state index in [1.54, 1.807) is 23.5 Å². The van der Waals surface area contributed by atoms with E-state index in [-0.39, 0.29) is 30.0 Å². The molecule has 0 radical (unpaired) electrons. The molecule has 2 fully saturated rings. The van der Waals surface area contributed by atoms with Crippen molar-refractivity contribution in [3.8, 4) is 5.75 Å². The van der Waals surface area contributed by atoms with Gasteiger partial charge in [-0.3, -0.25) is 20.1 Å². The van der Waals surface area contributed by atoms with E-state index < -0.39 is 11.8 Å². The second kappa shape index (κ2) is 11.5. The Morgan fingerprint density at radius 1 is 1.10 bits per heavy atom. The van der Waals surface area contributed by atoms with Crippen LogP contribution < -0.4 is 15.4 Å². The molecule has 206 valence electrons. The molecule has 1 saturated carbocycles. The summed E-state index contributed by atoms with van der Waals surface area (Å²) >= 11 is 0. The number of carbonyl (C=O) groups excluding carboxylic acids is 2. The highest BCUT2D eigenvalue weighted by molar-refractivity contribution is 6.00. The molecule has 0 spiro atoms. The van der Waals surface area contributed by atoms with E-state index in [2.05, 4.69) is 20.6 Å². The highest BCUT2D eigenvalue weighted by Gasteiger charge is 2.33. The van der Waals surface area contributed by atoms with Crippen molar-refractivity contribution in [1.82, 2.24) is 15.2 Å². The minimum absolute atomic E-state index is 0.0000842. The van der Waals surface area contributed by atoms with Crippen LogP contribution in [0.5, 0.6) is 5.75 Å². The molecule has 10 heteroatoms. The summed E-state index contributed by atoms with van der Waals surface area (Å²) in [6.07, 6.45) is 8.22. The fraction of sp³-hybridized carbons (Fsp3) is 0.483. The summed E-state index contributed by atoms with van der Waals surface area (Å²) in [7, 11) is 0. The first-order chi connectivity index (χ1) is 18.7. The molecule has 5 rings (SSSR count). The second-order valence-electron chi connectivity index (χ2n) is 11.2. The van der Waals surface area contributed by atoms with E-state index in [4.69, 9.17) is 14.5 Å². The average molecular weight is 533 g/mol. The Morgan fingerprint density at radius 3 is 2.59 bits per heavy atom. The first-order valence-electron chi connectivity index (χ1n) is 13.6. The number of amides is 2. The monoisotopic (exact) mass is 532 g/mol. The number of pyridine rings is 1. The lowest BCUT2D eigenvalue weighted by atomic mass is 10.1. The van der Waals surface area contributed by atoms with Crippen LogP contribution in [-0.2, 0) is 9.53 Å². The number of benzene rings is 1. The fourth-order valence-corrected chi connectivity index (χ4v) is 4.57. The summed E-state index contributed by atoms with van der Waals surface area (Å²) in [5.74, 6) is 1.27. The van der Waals surface area contributed by atoms with Crippen molar-refractivity contribution in [3.05, 3.63) is 54.4 Å². The molecular formula is C29H36N6O4. The van der Waals surface area contributed by atoms with Crippen molar-refractivity contribution in [2.24, 2.45) is 15.9 Å². The van der Waals surface area contributed by atoms with Gasteiger partial charge in [0.2, 0.25) is 11.8 Å². The molecule has 10 nitrogen and oxygen atoms in total. The first kappa shape index (κ1) is 26.8. The zero-order chi connectivity index (χ0) is 27.4. The van der Waals surface area contributed by atoms with Gasteiger partial charge in [-0.05, 0) is 76.8 Å². The van der Waals surface area contributed by atoms with Crippen molar-refractivity contribution in [2.45, 2.75) is 70.3 Å². The van der Waals surface area contributed by atoms with Crippen molar-refractivity contribution in [1.29, 1.82) is 0 Å². The van der Waals surface area contributed by atoms with E-state index in [1.165, 1.54) is 0 Å². The summed E-state index contributed by atoms with van der Waals surface area (Å²) in [5.41, 5.74) is 1.05. The van der Waals surface area contributed by atoms with Crippen LogP contribution in [0.15, 0.2) is 58.8 Å². The van der Waals surface area contributed by atoms with Crippen molar-refractivity contribution >= 4 is 29.8 Å². The topological polar surface area (TPSA) is 118 Å². The Hall–Kier alpha value is -3.79. The van der Waals surface area contributed by atoms with Crippen LogP contribution in [0.3, 0.4) is 0 Å². The third-order valence-electron chi connectivity index (χ3n) is 6.75. The largest absolute Gasteiger partial charge is 0.444 e. The lowest BCUT2D eigenvalue weighted by Gasteiger charge is -2.30. The Morgan fingerprint density at radius 2 is 1.90 bits per heavy atom. The second-order valence-corrected chi connectivity index (χ2v) is 11.2. The number of hydrogen-bond donors (Lipinski definition) is 2. The van der Waals surface area contributed by atoms with E-state index in [1.807, 2.05) is 57.2 Å². The molecular weight excluding hydrogens is 496 g/mol. The number of nitrogens with one attached hydrogen (secondary N) is 2. The third kappa shape index (κ3) is 7.20. The molecule has 2 amide bonds. The minimum atomic E-state index is -0.543. The van der Waals surface area contributed by atoms with Gasteiger partial charge in [0.1, 0.15) is 17.4 Å². The van der Waals surface area contributed by atoms with Gasteiger partial charge in [-0.15, -0.1) is 0 Å². The highest BCUT2D eigenvalue weighted by Crippen LogP contribution is 2.30. The smallest absolute Gasteiger partial charge is 0.410 e. The van der Waals surface area contributed by atoms with Gasteiger partial charge in [-0.1, -0.05) is 6.07 Å². The third-order valence-corrected chi connectivity index (χ3v) is 6.75. The van der Waals surface area contributed by atoms with Gasteiger partial charge in [0.25, 0.3) is 0 Å².